The van der Waals surface area contributed by atoms with Gasteiger partial charge in [-0.25, -0.2) is 4.79 Å². The fourth-order valence-electron chi connectivity index (χ4n) is 2.78. The third-order valence-corrected chi connectivity index (χ3v) is 5.46. The number of aromatic amines is 1. The second-order valence-corrected chi connectivity index (χ2v) is 7.23. The van der Waals surface area contributed by atoms with Gasteiger partial charge in [-0.15, -0.1) is 23.7 Å². The van der Waals surface area contributed by atoms with Crippen LogP contribution in [0.1, 0.15) is 30.5 Å². The van der Waals surface area contributed by atoms with Gasteiger partial charge >= 0.3 is 5.97 Å². The first kappa shape index (κ1) is 23.8. The number of esters is 1. The normalized spacial score (nSPS) is 11.1. The highest BCUT2D eigenvalue weighted by Crippen LogP contribution is 2.23. The molecule has 1 atom stereocenters. The number of fused-ring (bicyclic) bond motifs is 1. The number of nitrogens with two attached hydrogens (primary N) is 1. The molecule has 3 rings (SSSR count). The molecule has 0 bridgehead atoms. The highest BCUT2D eigenvalue weighted by atomic mass is 35.5. The number of rotatable bonds is 7. The van der Waals surface area contributed by atoms with Crippen LogP contribution in [0, 0.1) is 11.3 Å². The Labute approximate surface area is 187 Å². The quantitative estimate of drug-likeness (QED) is 0.381. The number of benzene rings is 1. The zero-order valence-corrected chi connectivity index (χ0v) is 17.9. The predicted molar refractivity (Wildman–Crippen MR) is 116 cm³/mol. The standard InChI is InChI=1S/C19H18N6O4S.ClH/c1-29-19(28)14(7-21)24-18(27)16-11(6-20)5-15(30-16)17(26)22-8-10-3-2-4-13-12(10)9-23-25-13;/h2-5,9,14H,7-8,21H2,1H3,(H,22,26)(H,23,25)(H,24,27);1H. The van der Waals surface area contributed by atoms with Gasteiger partial charge in [0, 0.05) is 18.5 Å². The maximum atomic E-state index is 12.6. The summed E-state index contributed by atoms with van der Waals surface area (Å²) in [5.41, 5.74) is 7.23. The van der Waals surface area contributed by atoms with E-state index in [2.05, 4.69) is 25.6 Å². The number of amides is 2. The van der Waals surface area contributed by atoms with Crippen molar-refractivity contribution < 1.29 is 19.1 Å². The fourth-order valence-corrected chi connectivity index (χ4v) is 3.71. The number of carbonyl (C=O) groups is 3. The van der Waals surface area contributed by atoms with E-state index in [9.17, 15) is 19.6 Å². The summed E-state index contributed by atoms with van der Waals surface area (Å²) in [6.07, 6.45) is 1.67. The smallest absolute Gasteiger partial charge is 0.329 e. The van der Waals surface area contributed by atoms with Crippen LogP contribution in [0.4, 0.5) is 0 Å². The summed E-state index contributed by atoms with van der Waals surface area (Å²) in [5.74, 6) is -1.81. The van der Waals surface area contributed by atoms with E-state index < -0.39 is 23.8 Å². The Kier molecular flexibility index (Phi) is 8.09. The Hall–Kier alpha value is -3.46. The molecule has 0 aliphatic carbocycles. The number of H-pyrrole nitrogens is 1. The van der Waals surface area contributed by atoms with Crippen molar-refractivity contribution in [1.29, 1.82) is 5.26 Å². The Balaban J connectivity index is 0.00000341. The lowest BCUT2D eigenvalue weighted by atomic mass is 10.1. The number of carbonyl (C=O) groups excluding carboxylic acids is 3. The van der Waals surface area contributed by atoms with E-state index >= 15 is 0 Å². The molecule has 5 N–H and O–H groups in total. The first-order valence-corrected chi connectivity index (χ1v) is 9.62. The predicted octanol–water partition coefficient (Wildman–Crippen LogP) is 1.08. The minimum absolute atomic E-state index is 0. The molecule has 162 valence electrons. The average Bonchev–Trinajstić information content (AvgIpc) is 3.42. The van der Waals surface area contributed by atoms with E-state index in [1.165, 1.54) is 13.2 Å². The molecule has 0 saturated heterocycles. The number of halogens is 1. The van der Waals surface area contributed by atoms with E-state index in [1.807, 2.05) is 24.3 Å². The highest BCUT2D eigenvalue weighted by molar-refractivity contribution is 7.16. The fraction of sp³-hybridized carbons (Fsp3) is 0.211. The zero-order valence-electron chi connectivity index (χ0n) is 16.3. The largest absolute Gasteiger partial charge is 0.467 e. The summed E-state index contributed by atoms with van der Waals surface area (Å²) < 4.78 is 4.57. The van der Waals surface area contributed by atoms with Crippen LogP contribution >= 0.6 is 23.7 Å². The summed E-state index contributed by atoms with van der Waals surface area (Å²) in [6, 6.07) is 7.76. The molecular weight excluding hydrogens is 444 g/mol. The van der Waals surface area contributed by atoms with Crippen molar-refractivity contribution in [3.8, 4) is 6.07 Å². The first-order chi connectivity index (χ1) is 14.5. The van der Waals surface area contributed by atoms with E-state index in [0.717, 1.165) is 27.8 Å². The molecule has 1 aromatic carbocycles. The molecule has 2 heterocycles. The van der Waals surface area contributed by atoms with Crippen molar-refractivity contribution in [2.45, 2.75) is 12.6 Å². The van der Waals surface area contributed by atoms with Crippen molar-refractivity contribution in [3.05, 3.63) is 51.3 Å². The second-order valence-electron chi connectivity index (χ2n) is 6.18. The molecule has 0 fully saturated rings. The van der Waals surface area contributed by atoms with Gasteiger partial charge in [0.05, 0.1) is 29.3 Å². The van der Waals surface area contributed by atoms with Gasteiger partial charge in [-0.05, 0) is 17.7 Å². The summed E-state index contributed by atoms with van der Waals surface area (Å²) in [4.78, 5) is 36.9. The van der Waals surface area contributed by atoms with Crippen LogP contribution in [0.3, 0.4) is 0 Å². The van der Waals surface area contributed by atoms with Crippen molar-refractivity contribution in [1.82, 2.24) is 20.8 Å². The summed E-state index contributed by atoms with van der Waals surface area (Å²) in [6.45, 7) is 0.0766. The molecule has 0 radical (unpaired) electrons. The van der Waals surface area contributed by atoms with E-state index in [4.69, 9.17) is 5.73 Å². The molecule has 2 amide bonds. The van der Waals surface area contributed by atoms with Crippen molar-refractivity contribution in [3.63, 3.8) is 0 Å². The molecular formula is C19H19ClN6O4S. The molecule has 3 aromatic rings. The van der Waals surface area contributed by atoms with Gasteiger partial charge in [-0.2, -0.15) is 10.4 Å². The molecule has 1 unspecified atom stereocenters. The van der Waals surface area contributed by atoms with Crippen LogP contribution in [0.15, 0.2) is 30.5 Å². The third kappa shape index (κ3) is 5.18. The summed E-state index contributed by atoms with van der Waals surface area (Å²) >= 11 is 0.854. The maximum Gasteiger partial charge on any atom is 0.329 e. The van der Waals surface area contributed by atoms with Crippen molar-refractivity contribution in [2.75, 3.05) is 13.7 Å². The number of nitrogens with zero attached hydrogens (tertiary/aromatic N) is 2. The molecule has 2 aromatic heterocycles. The van der Waals surface area contributed by atoms with Gasteiger partial charge in [0.2, 0.25) is 0 Å². The van der Waals surface area contributed by atoms with Crippen LogP contribution in [0.5, 0.6) is 0 Å². The lowest BCUT2D eigenvalue weighted by Gasteiger charge is -2.13. The minimum Gasteiger partial charge on any atom is -0.467 e. The van der Waals surface area contributed by atoms with Crippen LogP contribution in [0.25, 0.3) is 10.9 Å². The SMILES string of the molecule is COC(=O)C(CN)NC(=O)c1sc(C(=O)NCc2cccc3[nH]ncc23)cc1C#N.Cl. The Morgan fingerprint density at radius 1 is 1.35 bits per heavy atom. The number of ether oxygens (including phenoxy) is 1. The van der Waals surface area contributed by atoms with Gasteiger partial charge in [-0.1, -0.05) is 12.1 Å². The van der Waals surface area contributed by atoms with Crippen LogP contribution < -0.4 is 16.4 Å². The Morgan fingerprint density at radius 2 is 2.13 bits per heavy atom. The number of hydrogen-bond donors (Lipinski definition) is 4. The third-order valence-electron chi connectivity index (χ3n) is 4.32. The number of methoxy groups -OCH3 is 1. The Bertz CT molecular complexity index is 1150. The van der Waals surface area contributed by atoms with Gasteiger partial charge in [-0.3, -0.25) is 14.7 Å². The average molecular weight is 463 g/mol. The van der Waals surface area contributed by atoms with Crippen molar-refractivity contribution in [2.24, 2.45) is 5.73 Å². The molecule has 0 aliphatic heterocycles. The highest BCUT2D eigenvalue weighted by Gasteiger charge is 2.25. The number of nitriles is 1. The number of thiophene rings is 1. The van der Waals surface area contributed by atoms with Crippen LogP contribution in [-0.4, -0.2) is 47.7 Å². The molecule has 12 heteroatoms. The van der Waals surface area contributed by atoms with Gasteiger partial charge in [0.25, 0.3) is 11.8 Å². The summed E-state index contributed by atoms with van der Waals surface area (Å²) in [7, 11) is 1.18. The number of hydrogen-bond acceptors (Lipinski definition) is 8. The van der Waals surface area contributed by atoms with E-state index in [1.54, 1.807) is 6.20 Å². The van der Waals surface area contributed by atoms with Gasteiger partial charge in [0.1, 0.15) is 17.0 Å². The van der Waals surface area contributed by atoms with E-state index in [0.29, 0.717) is 0 Å². The Morgan fingerprint density at radius 3 is 2.81 bits per heavy atom. The topological polar surface area (TPSA) is 163 Å². The van der Waals surface area contributed by atoms with Crippen LogP contribution in [0.2, 0.25) is 0 Å². The van der Waals surface area contributed by atoms with Gasteiger partial charge < -0.3 is 21.1 Å². The second kappa shape index (κ2) is 10.5. The maximum absolute atomic E-state index is 12.6. The monoisotopic (exact) mass is 462 g/mol. The first-order valence-electron chi connectivity index (χ1n) is 8.80. The molecule has 0 saturated carbocycles. The van der Waals surface area contributed by atoms with E-state index in [-0.39, 0.29) is 40.8 Å². The lowest BCUT2D eigenvalue weighted by Crippen LogP contribution is -2.46. The molecule has 0 spiro atoms. The van der Waals surface area contributed by atoms with Gasteiger partial charge in [0.15, 0.2) is 0 Å². The number of aromatic nitrogens is 2. The van der Waals surface area contributed by atoms with Crippen LogP contribution in [-0.2, 0) is 16.1 Å². The minimum atomic E-state index is -1.05. The summed E-state index contributed by atoms with van der Waals surface area (Å²) in [5, 5.41) is 22.2. The molecule has 10 nitrogen and oxygen atoms in total. The zero-order chi connectivity index (χ0) is 21.7. The van der Waals surface area contributed by atoms with Crippen molar-refractivity contribution >= 4 is 52.4 Å². The molecule has 31 heavy (non-hydrogen) atoms. The number of nitrogens with one attached hydrogen (secondary N) is 3. The molecule has 0 aliphatic rings. The lowest BCUT2D eigenvalue weighted by molar-refractivity contribution is -0.142.